The van der Waals surface area contributed by atoms with E-state index in [9.17, 15) is 14.4 Å². The third kappa shape index (κ3) is 3.74. The van der Waals surface area contributed by atoms with Gasteiger partial charge in [-0.15, -0.1) is 0 Å². The van der Waals surface area contributed by atoms with Crippen molar-refractivity contribution >= 4 is 17.3 Å². The van der Waals surface area contributed by atoms with Crippen molar-refractivity contribution in [3.8, 4) is 0 Å². The number of fused-ring (bicyclic) bond motifs is 2. The molecule has 1 aromatic heterocycles. The van der Waals surface area contributed by atoms with Gasteiger partial charge >= 0.3 is 0 Å². The lowest BCUT2D eigenvalue weighted by Gasteiger charge is -2.40. The molecule has 5 heteroatoms. The van der Waals surface area contributed by atoms with Crippen LogP contribution in [0.4, 0.5) is 5.69 Å². The number of pyridine rings is 1. The summed E-state index contributed by atoms with van der Waals surface area (Å²) in [5.41, 5.74) is 4.72. The fourth-order valence-corrected chi connectivity index (χ4v) is 5.57. The molecule has 36 heavy (non-hydrogen) atoms. The quantitative estimate of drug-likeness (QED) is 0.414. The van der Waals surface area contributed by atoms with Crippen molar-refractivity contribution in [1.29, 1.82) is 0 Å². The smallest absolute Gasteiger partial charge is 0.257 e. The predicted octanol–water partition coefficient (Wildman–Crippen LogP) is 6.04. The van der Waals surface area contributed by atoms with Crippen LogP contribution in [-0.4, -0.2) is 22.7 Å². The summed E-state index contributed by atoms with van der Waals surface area (Å²) >= 11 is 0. The van der Waals surface area contributed by atoms with E-state index in [0.717, 1.165) is 42.6 Å². The van der Waals surface area contributed by atoms with Gasteiger partial charge in [-0.25, -0.2) is 0 Å². The molecule has 1 aliphatic heterocycles. The topological polar surface area (TPSA) is 59.4 Å². The Morgan fingerprint density at radius 1 is 0.778 bits per heavy atom. The highest BCUT2D eigenvalue weighted by Crippen LogP contribution is 2.47. The van der Waals surface area contributed by atoms with Crippen molar-refractivity contribution < 1.29 is 9.59 Å². The minimum absolute atomic E-state index is 0.0699. The summed E-state index contributed by atoms with van der Waals surface area (Å²) in [5.74, 6) is -0.906. The van der Waals surface area contributed by atoms with E-state index in [1.807, 2.05) is 52.8 Å². The van der Waals surface area contributed by atoms with Crippen LogP contribution in [-0.2, 0) is 6.54 Å². The van der Waals surface area contributed by atoms with Gasteiger partial charge in [-0.3, -0.25) is 14.4 Å². The van der Waals surface area contributed by atoms with Crippen molar-refractivity contribution in [2.75, 3.05) is 11.4 Å². The molecule has 2 aliphatic rings. The van der Waals surface area contributed by atoms with Gasteiger partial charge in [0, 0.05) is 41.4 Å². The average Bonchev–Trinajstić information content (AvgIpc) is 2.90. The number of nitrogens with zero attached hydrogens (tertiary/aromatic N) is 2. The Bertz CT molecular complexity index is 1430. The van der Waals surface area contributed by atoms with E-state index in [-0.39, 0.29) is 17.1 Å². The van der Waals surface area contributed by atoms with E-state index in [4.69, 9.17) is 0 Å². The summed E-state index contributed by atoms with van der Waals surface area (Å²) in [7, 11) is 0. The third-order valence-corrected chi connectivity index (χ3v) is 7.40. The summed E-state index contributed by atoms with van der Waals surface area (Å²) in [6.45, 7) is 7.37. The van der Waals surface area contributed by atoms with Crippen molar-refractivity contribution in [3.63, 3.8) is 0 Å². The van der Waals surface area contributed by atoms with Crippen LogP contribution in [0.25, 0.3) is 0 Å². The normalized spacial score (nSPS) is 16.6. The fourth-order valence-electron chi connectivity index (χ4n) is 5.57. The summed E-state index contributed by atoms with van der Waals surface area (Å²) in [5, 5.41) is 0. The monoisotopic (exact) mass is 480 g/mol. The number of anilines is 1. The molecule has 5 rings (SSSR count). The molecule has 2 aromatic carbocycles. The molecule has 0 saturated carbocycles. The van der Waals surface area contributed by atoms with Gasteiger partial charge < -0.3 is 9.47 Å². The molecule has 184 valence electrons. The summed E-state index contributed by atoms with van der Waals surface area (Å²) in [6.07, 6.45) is 3.65. The van der Waals surface area contributed by atoms with Crippen LogP contribution in [0.2, 0.25) is 0 Å². The number of aryl methyl sites for hydroxylation is 1. The van der Waals surface area contributed by atoms with Crippen LogP contribution in [0, 0.1) is 6.92 Å². The molecule has 0 bridgehead atoms. The van der Waals surface area contributed by atoms with Gasteiger partial charge in [0.15, 0.2) is 5.78 Å². The zero-order valence-corrected chi connectivity index (χ0v) is 21.2. The third-order valence-electron chi connectivity index (χ3n) is 7.40. The number of Topliss-reactive ketones (excluding diaryl/α,β-unsaturated/α-hetero) is 2. The lowest BCUT2D eigenvalue weighted by atomic mass is 9.73. The van der Waals surface area contributed by atoms with Crippen molar-refractivity contribution in [2.24, 2.45) is 0 Å². The van der Waals surface area contributed by atoms with E-state index in [1.165, 1.54) is 0 Å². The lowest BCUT2D eigenvalue weighted by Crippen LogP contribution is -2.43. The number of carbonyl (C=O) groups excluding carboxylic acids is 2. The first kappa shape index (κ1) is 24.0. The maximum atomic E-state index is 14.2. The highest BCUT2D eigenvalue weighted by atomic mass is 16.1. The second-order valence-corrected chi connectivity index (χ2v) is 9.71. The van der Waals surface area contributed by atoms with Crippen molar-refractivity contribution in [1.82, 2.24) is 4.57 Å². The highest BCUT2D eigenvalue weighted by molar-refractivity contribution is 6.29. The number of carbonyl (C=O) groups is 2. The zero-order chi connectivity index (χ0) is 25.4. The van der Waals surface area contributed by atoms with E-state index < -0.39 is 5.92 Å². The second kappa shape index (κ2) is 9.73. The molecule has 1 aliphatic carbocycles. The first-order chi connectivity index (χ1) is 17.5. The van der Waals surface area contributed by atoms with Gasteiger partial charge in [-0.1, -0.05) is 81.3 Å². The zero-order valence-electron chi connectivity index (χ0n) is 21.2. The Morgan fingerprint density at radius 3 is 2.06 bits per heavy atom. The molecule has 2 heterocycles. The maximum Gasteiger partial charge on any atom is 0.257 e. The van der Waals surface area contributed by atoms with Crippen LogP contribution in [0.1, 0.15) is 83.0 Å². The van der Waals surface area contributed by atoms with E-state index in [0.29, 0.717) is 41.1 Å². The Labute approximate surface area is 212 Å². The first-order valence-electron chi connectivity index (χ1n) is 13.0. The molecule has 0 N–H and O–H groups in total. The number of rotatable bonds is 7. The van der Waals surface area contributed by atoms with Gasteiger partial charge in [0.25, 0.3) is 5.56 Å². The highest BCUT2D eigenvalue weighted by Gasteiger charge is 2.45. The Balaban J connectivity index is 1.85. The van der Waals surface area contributed by atoms with Crippen LogP contribution in [0.15, 0.2) is 76.7 Å². The van der Waals surface area contributed by atoms with Gasteiger partial charge in [0.2, 0.25) is 5.78 Å². The lowest BCUT2D eigenvalue weighted by molar-refractivity contribution is 0.0967. The number of unbranched alkanes of at least 4 members (excludes halogenated alkanes) is 2. The van der Waals surface area contributed by atoms with E-state index in [2.05, 4.69) is 13.8 Å². The molecule has 1 unspecified atom stereocenters. The Hall–Kier alpha value is -3.73. The standard InChI is InChI=1S/C31H32N2O3/c1-4-6-17-32-20(3)19-24-26(31(32)36)25(21-13-9-8-10-14-21)27-28(33(24)18-7-5-2)30(35)23-16-12-11-15-22(23)29(27)34/h8-16,19,25H,4-7,17-18H2,1-3H3. The molecular weight excluding hydrogens is 448 g/mol. The minimum atomic E-state index is -0.597. The number of hydrogen-bond acceptors (Lipinski definition) is 4. The molecule has 0 saturated heterocycles. The van der Waals surface area contributed by atoms with Gasteiger partial charge in [-0.05, 0) is 31.4 Å². The molecule has 0 amide bonds. The fraction of sp³-hybridized carbons (Fsp3) is 0.323. The summed E-state index contributed by atoms with van der Waals surface area (Å²) in [4.78, 5) is 44.2. The van der Waals surface area contributed by atoms with Gasteiger partial charge in [0.1, 0.15) is 0 Å². The number of aromatic nitrogens is 1. The first-order valence-corrected chi connectivity index (χ1v) is 13.0. The van der Waals surface area contributed by atoms with Crippen molar-refractivity contribution in [3.05, 3.63) is 110 Å². The second-order valence-electron chi connectivity index (χ2n) is 9.71. The van der Waals surface area contributed by atoms with Crippen molar-refractivity contribution in [2.45, 2.75) is 58.9 Å². The summed E-state index contributed by atoms with van der Waals surface area (Å²) in [6, 6.07) is 18.8. The number of hydrogen-bond donors (Lipinski definition) is 0. The molecule has 0 radical (unpaired) electrons. The van der Waals surface area contributed by atoms with E-state index in [1.54, 1.807) is 24.3 Å². The SMILES string of the molecule is CCCCN1C2=C(C(=O)c3ccccc3C2=O)C(c2ccccc2)c2c1cc(C)n(CCCC)c2=O. The molecule has 0 spiro atoms. The van der Waals surface area contributed by atoms with Crippen LogP contribution >= 0.6 is 0 Å². The molecule has 0 fully saturated rings. The molecule has 3 aromatic rings. The number of ketones is 2. The average molecular weight is 481 g/mol. The van der Waals surface area contributed by atoms with Gasteiger partial charge in [0.05, 0.1) is 16.9 Å². The van der Waals surface area contributed by atoms with Crippen LogP contribution in [0.5, 0.6) is 0 Å². The Kier molecular flexibility index (Phi) is 6.48. The van der Waals surface area contributed by atoms with E-state index >= 15 is 0 Å². The largest absolute Gasteiger partial charge is 0.337 e. The molecule has 5 nitrogen and oxygen atoms in total. The molecule has 1 atom stereocenters. The maximum absolute atomic E-state index is 14.2. The van der Waals surface area contributed by atoms with Crippen LogP contribution < -0.4 is 10.5 Å². The van der Waals surface area contributed by atoms with Gasteiger partial charge in [-0.2, -0.15) is 0 Å². The Morgan fingerprint density at radius 2 is 1.39 bits per heavy atom. The summed E-state index contributed by atoms with van der Waals surface area (Å²) < 4.78 is 1.84. The van der Waals surface area contributed by atoms with Crippen LogP contribution in [0.3, 0.4) is 0 Å². The number of allylic oxidation sites excluding steroid dienone is 2. The molecular formula is C31H32N2O3. The predicted molar refractivity (Wildman–Crippen MR) is 143 cm³/mol. The minimum Gasteiger partial charge on any atom is -0.337 e. The number of benzene rings is 2.